The van der Waals surface area contributed by atoms with Crippen molar-refractivity contribution in [3.63, 3.8) is 0 Å². The van der Waals surface area contributed by atoms with Crippen molar-refractivity contribution in [1.29, 1.82) is 0 Å². The van der Waals surface area contributed by atoms with Gasteiger partial charge in [-0.25, -0.2) is 0 Å². The molecule has 0 aliphatic rings. The summed E-state index contributed by atoms with van der Waals surface area (Å²) in [5.74, 6) is 0.906. The summed E-state index contributed by atoms with van der Waals surface area (Å²) in [7, 11) is 0. The highest BCUT2D eigenvalue weighted by molar-refractivity contribution is 14.1. The number of anilines is 1. The monoisotopic (exact) mass is 339 g/mol. The normalized spacial score (nSPS) is 12.1. The Kier molecular flexibility index (Phi) is 3.89. The molecule has 2 aromatic rings. The lowest BCUT2D eigenvalue weighted by Gasteiger charge is -2.16. The summed E-state index contributed by atoms with van der Waals surface area (Å²) >= 11 is 2.27. The first kappa shape index (κ1) is 12.2. The number of nitrogens with two attached hydrogens (primary N) is 1. The molecule has 2 nitrogen and oxygen atoms in total. The Morgan fingerprint density at radius 1 is 1.12 bits per heavy atom. The number of hydrogen-bond donors (Lipinski definition) is 1. The van der Waals surface area contributed by atoms with Crippen LogP contribution in [0.3, 0.4) is 0 Å². The predicted octanol–water partition coefficient (Wildman–Crippen LogP) is 4.01. The average Bonchev–Trinajstić information content (AvgIpc) is 2.32. The van der Waals surface area contributed by atoms with Crippen molar-refractivity contribution < 1.29 is 4.74 Å². The average molecular weight is 339 g/mol. The summed E-state index contributed by atoms with van der Waals surface area (Å²) in [6.45, 7) is 2.03. The second-order valence-corrected chi connectivity index (χ2v) is 5.02. The van der Waals surface area contributed by atoms with Gasteiger partial charge >= 0.3 is 0 Å². The third-order valence-electron chi connectivity index (χ3n) is 2.52. The number of benzene rings is 2. The zero-order chi connectivity index (χ0) is 12.3. The number of para-hydroxylation sites is 1. The van der Waals surface area contributed by atoms with E-state index in [1.807, 2.05) is 55.5 Å². The highest BCUT2D eigenvalue weighted by Crippen LogP contribution is 2.26. The van der Waals surface area contributed by atoms with Gasteiger partial charge in [0.05, 0.1) is 3.57 Å². The molecule has 0 aromatic heterocycles. The van der Waals surface area contributed by atoms with Gasteiger partial charge in [-0.2, -0.15) is 0 Å². The third kappa shape index (κ3) is 3.12. The van der Waals surface area contributed by atoms with E-state index in [1.54, 1.807) is 0 Å². The molecule has 17 heavy (non-hydrogen) atoms. The largest absolute Gasteiger partial charge is 0.485 e. The second-order valence-electron chi connectivity index (χ2n) is 3.86. The van der Waals surface area contributed by atoms with Gasteiger partial charge in [-0.15, -0.1) is 0 Å². The quantitative estimate of drug-likeness (QED) is 0.677. The van der Waals surface area contributed by atoms with E-state index >= 15 is 0 Å². The molecular formula is C14H14INO. The lowest BCUT2D eigenvalue weighted by atomic mass is 10.1. The van der Waals surface area contributed by atoms with Gasteiger partial charge in [0, 0.05) is 5.69 Å². The van der Waals surface area contributed by atoms with Gasteiger partial charge in [0.1, 0.15) is 11.9 Å². The van der Waals surface area contributed by atoms with Gasteiger partial charge in [-0.05, 0) is 59.3 Å². The number of hydrogen-bond acceptors (Lipinski definition) is 2. The minimum Gasteiger partial charge on any atom is -0.485 e. The number of nitrogen functional groups attached to an aromatic ring is 1. The minimum atomic E-state index is -0.00517. The Morgan fingerprint density at radius 2 is 1.88 bits per heavy atom. The Labute approximate surface area is 115 Å². The van der Waals surface area contributed by atoms with Crippen LogP contribution < -0.4 is 10.5 Å². The van der Waals surface area contributed by atoms with Crippen LogP contribution in [0.4, 0.5) is 5.69 Å². The fraction of sp³-hybridized carbons (Fsp3) is 0.143. The lowest BCUT2D eigenvalue weighted by Crippen LogP contribution is -2.04. The summed E-state index contributed by atoms with van der Waals surface area (Å²) < 4.78 is 7.04. The topological polar surface area (TPSA) is 35.2 Å². The van der Waals surface area contributed by atoms with Crippen molar-refractivity contribution in [3.05, 3.63) is 57.7 Å². The smallest absolute Gasteiger partial charge is 0.133 e. The zero-order valence-corrected chi connectivity index (χ0v) is 11.7. The molecule has 1 atom stereocenters. The minimum absolute atomic E-state index is 0.00517. The Bertz CT molecular complexity index is 513. The molecule has 0 radical (unpaired) electrons. The molecular weight excluding hydrogens is 325 g/mol. The van der Waals surface area contributed by atoms with Gasteiger partial charge in [-0.3, -0.25) is 0 Å². The molecule has 3 heteroatoms. The molecule has 2 aromatic carbocycles. The highest BCUT2D eigenvalue weighted by Gasteiger charge is 2.09. The van der Waals surface area contributed by atoms with E-state index in [4.69, 9.17) is 10.5 Å². The third-order valence-corrected chi connectivity index (χ3v) is 3.41. The molecule has 0 amide bonds. The van der Waals surface area contributed by atoms with Crippen molar-refractivity contribution >= 4 is 28.3 Å². The van der Waals surface area contributed by atoms with Crippen LogP contribution in [0.25, 0.3) is 0 Å². The van der Waals surface area contributed by atoms with Crippen LogP contribution in [-0.2, 0) is 0 Å². The predicted molar refractivity (Wildman–Crippen MR) is 79.1 cm³/mol. The maximum absolute atomic E-state index is 5.92. The second kappa shape index (κ2) is 5.40. The molecule has 1 unspecified atom stereocenters. The summed E-state index contributed by atoms with van der Waals surface area (Å²) in [4.78, 5) is 0. The van der Waals surface area contributed by atoms with E-state index in [0.717, 1.165) is 20.6 Å². The van der Waals surface area contributed by atoms with Crippen molar-refractivity contribution in [3.8, 4) is 5.75 Å². The van der Waals surface area contributed by atoms with Crippen LogP contribution in [0.5, 0.6) is 5.75 Å². The number of ether oxygens (including phenoxy) is 1. The van der Waals surface area contributed by atoms with Crippen molar-refractivity contribution in [2.24, 2.45) is 0 Å². The van der Waals surface area contributed by atoms with E-state index in [9.17, 15) is 0 Å². The first-order valence-corrected chi connectivity index (χ1v) is 6.51. The van der Waals surface area contributed by atoms with Crippen molar-refractivity contribution in [1.82, 2.24) is 0 Å². The van der Waals surface area contributed by atoms with Gasteiger partial charge in [0.2, 0.25) is 0 Å². The SMILES string of the molecule is CC(Oc1ccccc1I)c1cccc(N)c1. The van der Waals surface area contributed by atoms with Crippen LogP contribution in [-0.4, -0.2) is 0 Å². The molecule has 0 spiro atoms. The molecule has 0 saturated carbocycles. The lowest BCUT2D eigenvalue weighted by molar-refractivity contribution is 0.225. The first-order chi connectivity index (χ1) is 8.16. The summed E-state index contributed by atoms with van der Waals surface area (Å²) in [5.41, 5.74) is 7.61. The first-order valence-electron chi connectivity index (χ1n) is 5.43. The summed E-state index contributed by atoms with van der Waals surface area (Å²) in [6.07, 6.45) is -0.00517. The van der Waals surface area contributed by atoms with Gasteiger partial charge in [-0.1, -0.05) is 24.3 Å². The van der Waals surface area contributed by atoms with Gasteiger partial charge in [0.25, 0.3) is 0 Å². The summed E-state index contributed by atoms with van der Waals surface area (Å²) in [6, 6.07) is 15.8. The molecule has 0 aliphatic carbocycles. The maximum atomic E-state index is 5.92. The highest BCUT2D eigenvalue weighted by atomic mass is 127. The standard InChI is InChI=1S/C14H14INO/c1-10(11-5-4-6-12(16)9-11)17-14-8-3-2-7-13(14)15/h2-10H,16H2,1H3. The van der Waals surface area contributed by atoms with Crippen LogP contribution in [0, 0.1) is 3.57 Å². The maximum Gasteiger partial charge on any atom is 0.133 e. The molecule has 0 aliphatic heterocycles. The molecule has 0 heterocycles. The van der Waals surface area contributed by atoms with E-state index in [2.05, 4.69) is 22.6 Å². The van der Waals surface area contributed by atoms with Crippen LogP contribution in [0.2, 0.25) is 0 Å². The zero-order valence-electron chi connectivity index (χ0n) is 9.56. The van der Waals surface area contributed by atoms with Crippen molar-refractivity contribution in [2.75, 3.05) is 5.73 Å². The van der Waals surface area contributed by atoms with Crippen LogP contribution >= 0.6 is 22.6 Å². The van der Waals surface area contributed by atoms with E-state index in [0.29, 0.717) is 0 Å². The number of rotatable bonds is 3. The van der Waals surface area contributed by atoms with E-state index < -0.39 is 0 Å². The fourth-order valence-corrected chi connectivity index (χ4v) is 2.13. The van der Waals surface area contributed by atoms with Crippen LogP contribution in [0.1, 0.15) is 18.6 Å². The molecule has 0 bridgehead atoms. The van der Waals surface area contributed by atoms with E-state index in [1.165, 1.54) is 0 Å². The Hall–Kier alpha value is -1.23. The molecule has 0 fully saturated rings. The summed E-state index contributed by atoms with van der Waals surface area (Å²) in [5, 5.41) is 0. The van der Waals surface area contributed by atoms with Crippen molar-refractivity contribution in [2.45, 2.75) is 13.0 Å². The number of halogens is 1. The van der Waals surface area contributed by atoms with Gasteiger partial charge < -0.3 is 10.5 Å². The van der Waals surface area contributed by atoms with E-state index in [-0.39, 0.29) is 6.10 Å². The Morgan fingerprint density at radius 3 is 2.59 bits per heavy atom. The van der Waals surface area contributed by atoms with Gasteiger partial charge in [0.15, 0.2) is 0 Å². The molecule has 0 saturated heterocycles. The molecule has 2 N–H and O–H groups in total. The fourth-order valence-electron chi connectivity index (χ4n) is 1.61. The molecule has 2 rings (SSSR count). The van der Waals surface area contributed by atoms with Crippen LogP contribution in [0.15, 0.2) is 48.5 Å². The molecule has 88 valence electrons. The Balaban J connectivity index is 2.17.